The summed E-state index contributed by atoms with van der Waals surface area (Å²) in [5.74, 6) is 0. The Morgan fingerprint density at radius 1 is 1.90 bits per heavy atom. The van der Waals surface area contributed by atoms with E-state index in [0.717, 1.165) is 3.57 Å². The number of halogens is 1. The third-order valence-corrected chi connectivity index (χ3v) is 1.84. The van der Waals surface area contributed by atoms with Gasteiger partial charge in [0.25, 0.3) is 0 Å². The van der Waals surface area contributed by atoms with Crippen LogP contribution in [0.15, 0.2) is 12.4 Å². The molecule has 0 aliphatic carbocycles. The molecule has 1 N–H and O–H groups in total. The van der Waals surface area contributed by atoms with Crippen LogP contribution in [0.25, 0.3) is 0 Å². The van der Waals surface area contributed by atoms with Gasteiger partial charge in [-0.2, -0.15) is 5.10 Å². The van der Waals surface area contributed by atoms with Gasteiger partial charge in [-0.05, 0) is 29.5 Å². The lowest BCUT2D eigenvalue weighted by atomic mass is 10.4. The highest BCUT2D eigenvalue weighted by Gasteiger charge is 2.02. The number of rotatable bonds is 2. The molecular formula is C6H9IN2O. The fraction of sp³-hybridized carbons (Fsp3) is 0.500. The van der Waals surface area contributed by atoms with Gasteiger partial charge >= 0.3 is 0 Å². The van der Waals surface area contributed by atoms with Gasteiger partial charge in [0.15, 0.2) is 0 Å². The molecule has 1 heterocycles. The zero-order chi connectivity index (χ0) is 7.56. The summed E-state index contributed by atoms with van der Waals surface area (Å²) in [6.45, 7) is 2.06. The molecule has 0 saturated heterocycles. The smallest absolute Gasteiger partial charge is 0.0722 e. The van der Waals surface area contributed by atoms with E-state index < -0.39 is 0 Å². The average Bonchev–Trinajstić information content (AvgIpc) is 2.34. The quantitative estimate of drug-likeness (QED) is 0.798. The van der Waals surface area contributed by atoms with Gasteiger partial charge in [0, 0.05) is 6.20 Å². The maximum Gasteiger partial charge on any atom is 0.0722 e. The number of aliphatic hydroxyl groups excluding tert-OH is 1. The van der Waals surface area contributed by atoms with Crippen molar-refractivity contribution in [2.24, 2.45) is 0 Å². The highest BCUT2D eigenvalue weighted by Crippen LogP contribution is 2.06. The van der Waals surface area contributed by atoms with Gasteiger partial charge in [-0.1, -0.05) is 0 Å². The minimum Gasteiger partial charge on any atom is -0.394 e. The van der Waals surface area contributed by atoms with E-state index in [9.17, 15) is 0 Å². The number of aliphatic hydroxyl groups is 1. The number of hydrogen-bond acceptors (Lipinski definition) is 2. The van der Waals surface area contributed by atoms with Crippen molar-refractivity contribution in [1.29, 1.82) is 0 Å². The lowest BCUT2D eigenvalue weighted by Crippen LogP contribution is -2.09. The van der Waals surface area contributed by atoms with E-state index in [4.69, 9.17) is 5.11 Å². The van der Waals surface area contributed by atoms with Gasteiger partial charge in [0.2, 0.25) is 0 Å². The Labute approximate surface area is 73.2 Å². The molecule has 0 fully saturated rings. The molecule has 0 amide bonds. The van der Waals surface area contributed by atoms with Crippen molar-refractivity contribution in [3.63, 3.8) is 0 Å². The first-order chi connectivity index (χ1) is 4.74. The van der Waals surface area contributed by atoms with Crippen LogP contribution < -0.4 is 0 Å². The lowest BCUT2D eigenvalue weighted by Gasteiger charge is -2.06. The first-order valence-corrected chi connectivity index (χ1v) is 4.12. The van der Waals surface area contributed by atoms with E-state index in [1.165, 1.54) is 0 Å². The summed E-state index contributed by atoms with van der Waals surface area (Å²) in [7, 11) is 0. The third-order valence-electron chi connectivity index (χ3n) is 1.29. The highest BCUT2D eigenvalue weighted by atomic mass is 127. The van der Waals surface area contributed by atoms with Crippen molar-refractivity contribution in [2.75, 3.05) is 6.61 Å². The molecule has 10 heavy (non-hydrogen) atoms. The Bertz CT molecular complexity index is 211. The molecule has 0 spiro atoms. The van der Waals surface area contributed by atoms with Crippen LogP contribution >= 0.6 is 22.6 Å². The van der Waals surface area contributed by atoms with Crippen LogP contribution in [0.1, 0.15) is 13.0 Å². The lowest BCUT2D eigenvalue weighted by molar-refractivity contribution is 0.229. The molecule has 1 rings (SSSR count). The van der Waals surface area contributed by atoms with Crippen molar-refractivity contribution in [1.82, 2.24) is 9.78 Å². The molecule has 1 atom stereocenters. The van der Waals surface area contributed by atoms with Crippen molar-refractivity contribution in [3.05, 3.63) is 16.0 Å². The Balaban J connectivity index is 2.74. The first kappa shape index (κ1) is 8.00. The molecule has 1 aromatic rings. The maximum atomic E-state index is 8.73. The molecule has 0 unspecified atom stereocenters. The molecule has 0 aliphatic heterocycles. The van der Waals surface area contributed by atoms with E-state index >= 15 is 0 Å². The second-order valence-electron chi connectivity index (χ2n) is 2.17. The Hall–Kier alpha value is -0.100. The minimum atomic E-state index is 0.0866. The number of aromatic nitrogens is 2. The first-order valence-electron chi connectivity index (χ1n) is 3.04. The van der Waals surface area contributed by atoms with Crippen molar-refractivity contribution >= 4 is 22.6 Å². The molecule has 0 aromatic carbocycles. The van der Waals surface area contributed by atoms with E-state index in [2.05, 4.69) is 27.7 Å². The van der Waals surface area contributed by atoms with Crippen LogP contribution in [0.3, 0.4) is 0 Å². The van der Waals surface area contributed by atoms with Crippen LogP contribution in [0.5, 0.6) is 0 Å². The summed E-state index contributed by atoms with van der Waals surface area (Å²) >= 11 is 2.19. The van der Waals surface area contributed by atoms with Crippen LogP contribution in [0.2, 0.25) is 0 Å². The summed E-state index contributed by atoms with van der Waals surface area (Å²) in [6, 6.07) is 0.0866. The maximum absolute atomic E-state index is 8.73. The zero-order valence-electron chi connectivity index (χ0n) is 5.66. The second kappa shape index (κ2) is 3.34. The molecule has 0 bridgehead atoms. The Morgan fingerprint density at radius 2 is 2.60 bits per heavy atom. The van der Waals surface area contributed by atoms with Gasteiger partial charge in [-0.3, -0.25) is 4.68 Å². The molecule has 4 heteroatoms. The number of nitrogens with zero attached hydrogens (tertiary/aromatic N) is 2. The fourth-order valence-electron chi connectivity index (χ4n) is 0.640. The van der Waals surface area contributed by atoms with E-state index in [1.54, 1.807) is 10.9 Å². The standard InChI is InChI=1S/C6H9IN2O/c1-5(4-10)9-3-6(7)2-8-9/h2-3,5,10H,4H2,1H3/t5-/m0/s1. The van der Waals surface area contributed by atoms with Crippen molar-refractivity contribution in [2.45, 2.75) is 13.0 Å². The van der Waals surface area contributed by atoms with Crippen molar-refractivity contribution < 1.29 is 5.11 Å². The molecule has 3 nitrogen and oxygen atoms in total. The van der Waals surface area contributed by atoms with Gasteiger partial charge in [0.05, 0.1) is 22.4 Å². The largest absolute Gasteiger partial charge is 0.394 e. The zero-order valence-corrected chi connectivity index (χ0v) is 7.82. The van der Waals surface area contributed by atoms with Crippen LogP contribution in [-0.2, 0) is 0 Å². The third kappa shape index (κ3) is 1.69. The molecule has 56 valence electrons. The van der Waals surface area contributed by atoms with Crippen LogP contribution in [0.4, 0.5) is 0 Å². The molecule has 0 saturated carbocycles. The molecule has 0 aliphatic rings. The summed E-state index contributed by atoms with van der Waals surface area (Å²) in [6.07, 6.45) is 3.67. The highest BCUT2D eigenvalue weighted by molar-refractivity contribution is 14.1. The minimum absolute atomic E-state index is 0.0866. The van der Waals surface area contributed by atoms with E-state index in [-0.39, 0.29) is 12.6 Å². The molecule has 0 radical (unpaired) electrons. The van der Waals surface area contributed by atoms with Gasteiger partial charge in [-0.25, -0.2) is 0 Å². The average molecular weight is 252 g/mol. The second-order valence-corrected chi connectivity index (χ2v) is 3.42. The SMILES string of the molecule is C[C@@H](CO)n1cc(I)cn1. The van der Waals surface area contributed by atoms with Crippen LogP contribution in [-0.4, -0.2) is 21.5 Å². The van der Waals surface area contributed by atoms with Crippen molar-refractivity contribution in [3.8, 4) is 0 Å². The topological polar surface area (TPSA) is 38.0 Å². The van der Waals surface area contributed by atoms with E-state index in [1.807, 2.05) is 13.1 Å². The molecule has 1 aromatic heterocycles. The van der Waals surface area contributed by atoms with Gasteiger partial charge in [-0.15, -0.1) is 0 Å². The predicted octanol–water partition coefficient (Wildman–Crippen LogP) is 1.04. The van der Waals surface area contributed by atoms with Crippen LogP contribution in [0, 0.1) is 3.57 Å². The summed E-state index contributed by atoms with van der Waals surface area (Å²) in [4.78, 5) is 0. The monoisotopic (exact) mass is 252 g/mol. The van der Waals surface area contributed by atoms with Gasteiger partial charge in [0.1, 0.15) is 0 Å². The Kier molecular flexibility index (Phi) is 2.67. The number of hydrogen-bond donors (Lipinski definition) is 1. The Morgan fingerprint density at radius 3 is 3.00 bits per heavy atom. The summed E-state index contributed by atoms with van der Waals surface area (Å²) in [5, 5.41) is 12.8. The van der Waals surface area contributed by atoms with E-state index in [0.29, 0.717) is 0 Å². The predicted molar refractivity (Wildman–Crippen MR) is 46.7 cm³/mol. The normalized spacial score (nSPS) is 13.5. The summed E-state index contributed by atoms with van der Waals surface area (Å²) in [5.41, 5.74) is 0. The summed E-state index contributed by atoms with van der Waals surface area (Å²) < 4.78 is 2.85. The molecular weight excluding hydrogens is 243 g/mol. The fourth-order valence-corrected chi connectivity index (χ4v) is 1.05. The van der Waals surface area contributed by atoms with Gasteiger partial charge < -0.3 is 5.11 Å².